The average molecular weight is 711 g/mol. The van der Waals surface area contributed by atoms with Crippen LogP contribution in [0.25, 0.3) is 22.2 Å². The molecule has 2 aliphatic rings. The Hall–Kier alpha value is -3.74. The smallest absolute Gasteiger partial charge is 0.410 e. The molecule has 0 radical (unpaired) electrons. The van der Waals surface area contributed by atoms with Crippen molar-refractivity contribution in [2.75, 3.05) is 13.1 Å². The molecule has 44 heavy (non-hydrogen) atoms. The minimum Gasteiger partial charge on any atom is -1.00 e. The van der Waals surface area contributed by atoms with Crippen molar-refractivity contribution in [3.8, 4) is 11.1 Å². The van der Waals surface area contributed by atoms with E-state index in [2.05, 4.69) is 47.4 Å². The van der Waals surface area contributed by atoms with Gasteiger partial charge in [0.2, 0.25) is 0 Å². The summed E-state index contributed by atoms with van der Waals surface area (Å²) in [5, 5.41) is 4.70. The van der Waals surface area contributed by atoms with Crippen molar-refractivity contribution in [2.24, 2.45) is 0 Å². The van der Waals surface area contributed by atoms with E-state index >= 15 is 0 Å². The number of likely N-dealkylation sites (tertiary alicyclic amines) is 1. The molecule has 6 rings (SSSR count). The molecule has 10 nitrogen and oxygen atoms in total. The Balaban J connectivity index is 0.00000384. The van der Waals surface area contributed by atoms with E-state index in [-0.39, 0.29) is 54.5 Å². The predicted molar refractivity (Wildman–Crippen MR) is 161 cm³/mol. The number of imide groups is 1. The number of halogens is 1. The van der Waals surface area contributed by atoms with E-state index in [1.165, 1.54) is 4.90 Å². The van der Waals surface area contributed by atoms with E-state index in [0.717, 1.165) is 40.8 Å². The van der Waals surface area contributed by atoms with Gasteiger partial charge in [-0.2, -0.15) is 5.10 Å². The maximum atomic E-state index is 13.2. The van der Waals surface area contributed by atoms with Crippen LogP contribution in [0.4, 0.5) is 4.79 Å². The summed E-state index contributed by atoms with van der Waals surface area (Å²) in [6, 6.07) is 13.6. The number of hydrogen-bond donors (Lipinski definition) is 0. The number of carbonyl (C=O) groups is 3. The van der Waals surface area contributed by atoms with Gasteiger partial charge in [-0.1, -0.05) is 12.1 Å². The number of ether oxygens (including phenoxy) is 1. The lowest BCUT2D eigenvalue weighted by Gasteiger charge is -2.33. The first kappa shape index (κ1) is 31.7. The van der Waals surface area contributed by atoms with Crippen LogP contribution in [0.3, 0.4) is 0 Å². The number of imidazole rings is 1. The van der Waals surface area contributed by atoms with Gasteiger partial charge in [0.05, 0.1) is 36.5 Å². The average Bonchev–Trinajstić information content (AvgIpc) is 3.66. The number of aryl methyl sites for hydroxylation is 2. The van der Waals surface area contributed by atoms with E-state index in [1.54, 1.807) is 29.2 Å². The number of aromatic nitrogens is 4. The lowest BCUT2D eigenvalue weighted by atomic mass is 10.1. The van der Waals surface area contributed by atoms with Gasteiger partial charge in [-0.3, -0.25) is 19.2 Å². The van der Waals surface area contributed by atoms with E-state index in [4.69, 9.17) is 9.84 Å². The second kappa shape index (κ2) is 12.3. The highest BCUT2D eigenvalue weighted by molar-refractivity contribution is 6.21. The normalized spacial score (nSPS) is 15.6. The molecule has 0 saturated carbocycles. The van der Waals surface area contributed by atoms with Crippen molar-refractivity contribution >= 4 is 28.9 Å². The van der Waals surface area contributed by atoms with Crippen molar-refractivity contribution in [1.29, 1.82) is 0 Å². The number of benzene rings is 2. The zero-order valence-electron chi connectivity index (χ0n) is 25.9. The fourth-order valence-electron chi connectivity index (χ4n) is 6.30. The van der Waals surface area contributed by atoms with Crippen molar-refractivity contribution in [1.82, 2.24) is 24.1 Å². The molecular formula is C33H39IN6O4. The molecule has 0 unspecified atom stereocenters. The van der Waals surface area contributed by atoms with Crippen LogP contribution < -0.4 is 28.5 Å². The predicted octanol–water partition coefficient (Wildman–Crippen LogP) is 2.20. The van der Waals surface area contributed by atoms with Gasteiger partial charge in [0, 0.05) is 24.8 Å². The number of piperidine rings is 1. The highest BCUT2D eigenvalue weighted by atomic mass is 127. The summed E-state index contributed by atoms with van der Waals surface area (Å²) in [7, 11) is 0. The zero-order chi connectivity index (χ0) is 30.5. The highest BCUT2D eigenvalue weighted by Gasteiger charge is 2.38. The van der Waals surface area contributed by atoms with Gasteiger partial charge < -0.3 is 33.6 Å². The Kier molecular flexibility index (Phi) is 8.88. The molecule has 0 N–H and O–H groups in total. The molecule has 0 atom stereocenters. The van der Waals surface area contributed by atoms with Crippen LogP contribution in [0.5, 0.6) is 0 Å². The zero-order valence-corrected chi connectivity index (χ0v) is 28.1. The first-order valence-corrected chi connectivity index (χ1v) is 15.1. The quantitative estimate of drug-likeness (QED) is 0.174. The highest BCUT2D eigenvalue weighted by Crippen LogP contribution is 2.30. The first-order valence-electron chi connectivity index (χ1n) is 15.1. The summed E-state index contributed by atoms with van der Waals surface area (Å²) in [5.74, 6) is 0.418. The van der Waals surface area contributed by atoms with Crippen molar-refractivity contribution in [2.45, 2.75) is 78.7 Å². The Morgan fingerprint density at radius 3 is 2.25 bits per heavy atom. The minimum absolute atomic E-state index is 0. The maximum absolute atomic E-state index is 13.2. The van der Waals surface area contributed by atoms with Gasteiger partial charge in [-0.25, -0.2) is 13.9 Å². The van der Waals surface area contributed by atoms with Gasteiger partial charge in [0.25, 0.3) is 17.6 Å². The second-order valence-corrected chi connectivity index (χ2v) is 12.3. The Morgan fingerprint density at radius 1 is 1.00 bits per heavy atom. The van der Waals surface area contributed by atoms with Crippen LogP contribution in [-0.2, 0) is 24.4 Å². The van der Waals surface area contributed by atoms with Gasteiger partial charge in [-0.15, -0.1) is 0 Å². The molecular weight excluding hydrogens is 671 g/mol. The largest absolute Gasteiger partial charge is 1.00 e. The molecule has 0 bridgehead atoms. The summed E-state index contributed by atoms with van der Waals surface area (Å²) in [6.07, 6.45) is 5.35. The van der Waals surface area contributed by atoms with Crippen LogP contribution in [0, 0.1) is 0 Å². The third-order valence-corrected chi connectivity index (χ3v) is 8.42. The fourth-order valence-corrected chi connectivity index (χ4v) is 6.30. The summed E-state index contributed by atoms with van der Waals surface area (Å²) in [5.41, 5.74) is 4.59. The molecule has 3 amide bonds. The molecule has 2 aromatic heterocycles. The summed E-state index contributed by atoms with van der Waals surface area (Å²) in [4.78, 5) is 41.9. The number of rotatable bonds is 6. The van der Waals surface area contributed by atoms with E-state index in [1.807, 2.05) is 31.6 Å². The van der Waals surface area contributed by atoms with Crippen LogP contribution in [0.1, 0.15) is 80.0 Å². The summed E-state index contributed by atoms with van der Waals surface area (Å²) in [6.45, 7) is 12.7. The number of carbonyl (C=O) groups excluding carboxylic acids is 3. The SMILES string of the molecule is CCn1c(CN2C(=O)c3ccccc3C2=O)[n+](CC)c2ccc(-c3cnn(C4CCN(C(=O)OC(C)(C)C)CC4)c3)cc21.[I-]. The topological polar surface area (TPSA) is 93.5 Å². The van der Waals surface area contributed by atoms with Gasteiger partial charge in [-0.05, 0) is 83.4 Å². The summed E-state index contributed by atoms with van der Waals surface area (Å²) < 4.78 is 11.9. The third-order valence-electron chi connectivity index (χ3n) is 8.42. The molecule has 11 heteroatoms. The van der Waals surface area contributed by atoms with E-state index in [0.29, 0.717) is 37.3 Å². The summed E-state index contributed by atoms with van der Waals surface area (Å²) >= 11 is 0. The fraction of sp³-hybridized carbons (Fsp3) is 0.424. The minimum atomic E-state index is -0.504. The van der Waals surface area contributed by atoms with Crippen molar-refractivity contribution in [3.05, 3.63) is 71.8 Å². The third kappa shape index (κ3) is 5.73. The van der Waals surface area contributed by atoms with Crippen LogP contribution in [-0.4, -0.2) is 60.7 Å². The van der Waals surface area contributed by atoms with Gasteiger partial charge in [0.1, 0.15) is 12.1 Å². The lowest BCUT2D eigenvalue weighted by molar-refractivity contribution is -0.677. The number of hydrogen-bond acceptors (Lipinski definition) is 5. The number of amides is 3. The van der Waals surface area contributed by atoms with E-state index in [9.17, 15) is 14.4 Å². The first-order chi connectivity index (χ1) is 20.6. The molecule has 2 aliphatic heterocycles. The second-order valence-electron chi connectivity index (χ2n) is 12.3. The molecule has 4 heterocycles. The number of nitrogens with zero attached hydrogens (tertiary/aromatic N) is 6. The maximum Gasteiger partial charge on any atom is 0.410 e. The standard InChI is InChI=1S/C33H39N6O4.HI/c1-6-36-27-13-12-22(23-19-34-39(20-23)24-14-16-35(17-15-24)32(42)43-33(3,4)5)18-28(27)37(7-2)29(36)21-38-30(40)25-10-8-9-11-26(25)31(38)41;/h8-13,18-20,24H,6-7,14-17,21H2,1-5H3;1H/q+1;/p-1. The van der Waals surface area contributed by atoms with Gasteiger partial charge in [0.15, 0.2) is 11.0 Å². The molecule has 232 valence electrons. The molecule has 1 fully saturated rings. The Morgan fingerprint density at radius 2 is 1.66 bits per heavy atom. The molecule has 0 spiro atoms. The molecule has 1 saturated heterocycles. The van der Waals surface area contributed by atoms with Gasteiger partial charge >= 0.3 is 6.09 Å². The molecule has 0 aliphatic carbocycles. The van der Waals surface area contributed by atoms with Crippen LogP contribution in [0.2, 0.25) is 0 Å². The van der Waals surface area contributed by atoms with E-state index < -0.39 is 5.60 Å². The molecule has 2 aromatic carbocycles. The Labute approximate surface area is 274 Å². The number of fused-ring (bicyclic) bond motifs is 2. The van der Waals surface area contributed by atoms with Crippen LogP contribution in [0.15, 0.2) is 54.9 Å². The molecule has 4 aromatic rings. The van der Waals surface area contributed by atoms with Crippen molar-refractivity contribution < 1.29 is 47.7 Å². The Bertz CT molecular complexity index is 1690. The lowest BCUT2D eigenvalue weighted by Crippen LogP contribution is -3.00. The monoisotopic (exact) mass is 710 g/mol. The van der Waals surface area contributed by atoms with Crippen LogP contribution >= 0.6 is 0 Å². The van der Waals surface area contributed by atoms with Crippen molar-refractivity contribution in [3.63, 3.8) is 0 Å².